The molecule has 1 atom stereocenters. The lowest BCUT2D eigenvalue weighted by Crippen LogP contribution is -2.33. The van der Waals surface area contributed by atoms with Gasteiger partial charge in [0.25, 0.3) is 0 Å². The Morgan fingerprint density at radius 1 is 1.29 bits per heavy atom. The molecule has 0 aliphatic heterocycles. The third-order valence-electron chi connectivity index (χ3n) is 2.74. The van der Waals surface area contributed by atoms with Gasteiger partial charge in [-0.25, -0.2) is 0 Å². The van der Waals surface area contributed by atoms with Crippen LogP contribution in [-0.4, -0.2) is 17.9 Å². The molecule has 0 aliphatic carbocycles. The van der Waals surface area contributed by atoms with E-state index >= 15 is 0 Å². The molecular weight excluding hydrogens is 212 g/mol. The maximum Gasteiger partial charge on any atom is 0.226 e. The smallest absolute Gasteiger partial charge is 0.226 e. The van der Waals surface area contributed by atoms with Crippen LogP contribution in [0.2, 0.25) is 0 Å². The lowest BCUT2D eigenvalue weighted by atomic mass is 10.0. The predicted molar refractivity (Wildman–Crippen MR) is 67.1 cm³/mol. The molecule has 0 saturated carbocycles. The summed E-state index contributed by atoms with van der Waals surface area (Å²) in [6, 6.07) is 9.37. The fraction of sp³-hybridized carbons (Fsp3) is 0.429. The topological polar surface area (TPSA) is 44.1 Å². The minimum atomic E-state index is -0.509. The van der Waals surface area contributed by atoms with E-state index in [1.807, 2.05) is 45.0 Å². The zero-order valence-electron chi connectivity index (χ0n) is 10.8. The van der Waals surface area contributed by atoms with Gasteiger partial charge in [0.05, 0.1) is 6.07 Å². The standard InChI is InChI=1S/C14H18N2O/c1-10(2)14(17)16(4)13(9-15)12-7-5-11(3)6-8-12/h5-8,10,13H,1-4H3. The van der Waals surface area contributed by atoms with E-state index in [-0.39, 0.29) is 11.8 Å². The Bertz CT molecular complexity index is 429. The summed E-state index contributed by atoms with van der Waals surface area (Å²) in [6.45, 7) is 5.67. The molecule has 0 saturated heterocycles. The Morgan fingerprint density at radius 3 is 2.24 bits per heavy atom. The fourth-order valence-corrected chi connectivity index (χ4v) is 1.67. The summed E-state index contributed by atoms with van der Waals surface area (Å²) in [7, 11) is 1.68. The molecule has 0 aromatic heterocycles. The van der Waals surface area contributed by atoms with E-state index in [9.17, 15) is 10.1 Å². The zero-order valence-corrected chi connectivity index (χ0v) is 10.8. The van der Waals surface area contributed by atoms with Crippen LogP contribution in [0.15, 0.2) is 24.3 Å². The van der Waals surface area contributed by atoms with Crippen LogP contribution in [0.3, 0.4) is 0 Å². The molecule has 1 aromatic rings. The molecule has 0 aliphatic rings. The Hall–Kier alpha value is -1.82. The summed E-state index contributed by atoms with van der Waals surface area (Å²) in [5.74, 6) is -0.113. The third-order valence-corrected chi connectivity index (χ3v) is 2.74. The number of hydrogen-bond donors (Lipinski definition) is 0. The molecule has 0 spiro atoms. The summed E-state index contributed by atoms with van der Waals surface area (Å²) in [5.41, 5.74) is 2.00. The summed E-state index contributed by atoms with van der Waals surface area (Å²) >= 11 is 0. The average Bonchev–Trinajstić information content (AvgIpc) is 2.31. The Kier molecular flexibility index (Phi) is 4.28. The average molecular weight is 230 g/mol. The van der Waals surface area contributed by atoms with Crippen LogP contribution >= 0.6 is 0 Å². The highest BCUT2D eigenvalue weighted by molar-refractivity contribution is 5.78. The molecule has 90 valence electrons. The molecule has 3 heteroatoms. The van der Waals surface area contributed by atoms with Gasteiger partial charge in [0.1, 0.15) is 6.04 Å². The van der Waals surface area contributed by atoms with Crippen LogP contribution in [-0.2, 0) is 4.79 Å². The highest BCUT2D eigenvalue weighted by atomic mass is 16.2. The maximum atomic E-state index is 11.9. The van der Waals surface area contributed by atoms with E-state index in [0.717, 1.165) is 11.1 Å². The van der Waals surface area contributed by atoms with Gasteiger partial charge >= 0.3 is 0 Å². The van der Waals surface area contributed by atoms with Crippen molar-refractivity contribution in [2.24, 2.45) is 5.92 Å². The Labute approximate surface area is 103 Å². The largest absolute Gasteiger partial charge is 0.326 e. The predicted octanol–water partition coefficient (Wildman–Crippen LogP) is 2.67. The minimum Gasteiger partial charge on any atom is -0.326 e. The number of rotatable bonds is 3. The molecule has 0 fully saturated rings. The van der Waals surface area contributed by atoms with E-state index in [1.54, 1.807) is 7.05 Å². The van der Waals surface area contributed by atoms with Crippen molar-refractivity contribution in [2.75, 3.05) is 7.05 Å². The molecule has 1 aromatic carbocycles. The van der Waals surface area contributed by atoms with Crippen LogP contribution in [0.4, 0.5) is 0 Å². The molecule has 0 radical (unpaired) electrons. The summed E-state index contributed by atoms with van der Waals surface area (Å²) in [6.07, 6.45) is 0. The number of hydrogen-bond acceptors (Lipinski definition) is 2. The van der Waals surface area contributed by atoms with Crippen molar-refractivity contribution in [3.05, 3.63) is 35.4 Å². The van der Waals surface area contributed by atoms with Crippen molar-refractivity contribution in [1.82, 2.24) is 4.90 Å². The molecule has 0 bridgehead atoms. The first kappa shape index (κ1) is 13.2. The summed E-state index contributed by atoms with van der Waals surface area (Å²) < 4.78 is 0. The van der Waals surface area contributed by atoms with Gasteiger partial charge in [-0.1, -0.05) is 43.7 Å². The van der Waals surface area contributed by atoms with Gasteiger partial charge in [-0.05, 0) is 12.5 Å². The second kappa shape index (κ2) is 5.49. The van der Waals surface area contributed by atoms with Crippen molar-refractivity contribution in [2.45, 2.75) is 26.8 Å². The van der Waals surface area contributed by atoms with Crippen LogP contribution in [0.1, 0.15) is 31.0 Å². The number of benzene rings is 1. The quantitative estimate of drug-likeness (QED) is 0.801. The summed E-state index contributed by atoms with van der Waals surface area (Å²) in [5, 5.41) is 9.21. The van der Waals surface area contributed by atoms with E-state index in [0.29, 0.717) is 0 Å². The lowest BCUT2D eigenvalue weighted by Gasteiger charge is -2.24. The second-order valence-electron chi connectivity index (χ2n) is 4.55. The van der Waals surface area contributed by atoms with Gasteiger partial charge in [-0.2, -0.15) is 5.26 Å². The number of carbonyl (C=O) groups excluding carboxylic acids is 1. The van der Waals surface area contributed by atoms with Gasteiger partial charge in [0.15, 0.2) is 0 Å². The molecule has 0 heterocycles. The van der Waals surface area contributed by atoms with Crippen molar-refractivity contribution >= 4 is 5.91 Å². The highest BCUT2D eigenvalue weighted by Crippen LogP contribution is 2.20. The number of carbonyl (C=O) groups is 1. The Balaban J connectivity index is 2.97. The Morgan fingerprint density at radius 2 is 1.82 bits per heavy atom. The molecule has 17 heavy (non-hydrogen) atoms. The highest BCUT2D eigenvalue weighted by Gasteiger charge is 2.22. The van der Waals surface area contributed by atoms with Crippen LogP contribution in [0, 0.1) is 24.2 Å². The first-order valence-electron chi connectivity index (χ1n) is 5.70. The monoisotopic (exact) mass is 230 g/mol. The lowest BCUT2D eigenvalue weighted by molar-refractivity contribution is -0.134. The first-order valence-corrected chi connectivity index (χ1v) is 5.70. The second-order valence-corrected chi connectivity index (χ2v) is 4.55. The fourth-order valence-electron chi connectivity index (χ4n) is 1.67. The van der Waals surface area contributed by atoms with Gasteiger partial charge in [0.2, 0.25) is 5.91 Å². The molecule has 1 unspecified atom stereocenters. The SMILES string of the molecule is Cc1ccc(C(C#N)N(C)C(=O)C(C)C)cc1. The van der Waals surface area contributed by atoms with Gasteiger partial charge in [-0.3, -0.25) is 4.79 Å². The molecule has 3 nitrogen and oxygen atoms in total. The third kappa shape index (κ3) is 3.07. The van der Waals surface area contributed by atoms with Gasteiger partial charge in [0, 0.05) is 13.0 Å². The first-order chi connectivity index (χ1) is 7.97. The number of nitriles is 1. The van der Waals surface area contributed by atoms with Gasteiger partial charge < -0.3 is 4.90 Å². The molecule has 1 rings (SSSR count). The van der Waals surface area contributed by atoms with Crippen LogP contribution in [0.5, 0.6) is 0 Å². The summed E-state index contributed by atoms with van der Waals surface area (Å²) in [4.78, 5) is 13.4. The number of nitrogens with zero attached hydrogens (tertiary/aromatic N) is 2. The zero-order chi connectivity index (χ0) is 13.0. The van der Waals surface area contributed by atoms with E-state index in [1.165, 1.54) is 4.90 Å². The van der Waals surface area contributed by atoms with Gasteiger partial charge in [-0.15, -0.1) is 0 Å². The van der Waals surface area contributed by atoms with Crippen molar-refractivity contribution in [3.8, 4) is 6.07 Å². The minimum absolute atomic E-state index is 0.0166. The number of aryl methyl sites for hydroxylation is 1. The molecular formula is C14H18N2O. The van der Waals surface area contributed by atoms with E-state index < -0.39 is 6.04 Å². The molecule has 0 N–H and O–H groups in total. The van der Waals surface area contributed by atoms with Crippen molar-refractivity contribution in [3.63, 3.8) is 0 Å². The number of amides is 1. The normalized spacial score (nSPS) is 12.0. The maximum absolute atomic E-state index is 11.9. The van der Waals surface area contributed by atoms with Crippen molar-refractivity contribution < 1.29 is 4.79 Å². The van der Waals surface area contributed by atoms with E-state index in [4.69, 9.17) is 0 Å². The molecule has 1 amide bonds. The van der Waals surface area contributed by atoms with Crippen molar-refractivity contribution in [1.29, 1.82) is 5.26 Å². The van der Waals surface area contributed by atoms with E-state index in [2.05, 4.69) is 6.07 Å². The van der Waals surface area contributed by atoms with Crippen LogP contribution in [0.25, 0.3) is 0 Å². The van der Waals surface area contributed by atoms with Crippen LogP contribution < -0.4 is 0 Å².